The van der Waals surface area contributed by atoms with Crippen molar-refractivity contribution in [2.24, 2.45) is 5.73 Å². The van der Waals surface area contributed by atoms with Gasteiger partial charge in [-0.1, -0.05) is 24.3 Å². The molecule has 0 saturated carbocycles. The maximum Gasteiger partial charge on any atom is 0.250 e. The predicted molar refractivity (Wildman–Crippen MR) is 99.5 cm³/mol. The van der Waals surface area contributed by atoms with Gasteiger partial charge in [-0.2, -0.15) is 0 Å². The molecular formula is C20H21FN4O. The number of carbonyl (C=O) groups is 1. The number of hydrogen-bond donors (Lipinski definition) is 2. The number of benzene rings is 1. The molecule has 0 spiro atoms. The number of likely N-dealkylation sites (tertiary alicyclic amines) is 1. The minimum absolute atomic E-state index is 0.467. The first-order valence-electron chi connectivity index (χ1n) is 8.83. The number of halogens is 1. The van der Waals surface area contributed by atoms with Crippen molar-refractivity contribution in [3.05, 3.63) is 53.9 Å². The summed E-state index contributed by atoms with van der Waals surface area (Å²) in [6.45, 7) is 2.40. The fourth-order valence-corrected chi connectivity index (χ4v) is 3.60. The summed E-state index contributed by atoms with van der Waals surface area (Å²) in [5, 5.41) is 0.730. The number of pyridine rings is 1. The molecule has 26 heavy (non-hydrogen) atoms. The fraction of sp³-hybridized carbons (Fsp3) is 0.300. The van der Waals surface area contributed by atoms with E-state index in [4.69, 9.17) is 5.73 Å². The van der Waals surface area contributed by atoms with E-state index in [1.165, 1.54) is 5.56 Å². The van der Waals surface area contributed by atoms with Gasteiger partial charge in [-0.3, -0.25) is 9.69 Å². The number of carbonyl (C=O) groups excluding carboxylic acids is 1. The summed E-state index contributed by atoms with van der Waals surface area (Å²) >= 11 is 0. The smallest absolute Gasteiger partial charge is 0.250 e. The Kier molecular flexibility index (Phi) is 4.42. The Balaban J connectivity index is 1.60. The van der Waals surface area contributed by atoms with E-state index in [1.807, 2.05) is 30.3 Å². The Bertz CT molecular complexity index is 927. The number of piperidine rings is 1. The number of aromatic amines is 1. The molecule has 3 aromatic rings. The Morgan fingerprint density at radius 3 is 2.65 bits per heavy atom. The Morgan fingerprint density at radius 2 is 1.96 bits per heavy atom. The molecule has 6 heteroatoms. The van der Waals surface area contributed by atoms with Crippen LogP contribution in [-0.4, -0.2) is 40.0 Å². The topological polar surface area (TPSA) is 75.0 Å². The molecule has 1 aromatic carbocycles. The lowest BCUT2D eigenvalue weighted by Crippen LogP contribution is -2.33. The van der Waals surface area contributed by atoms with Gasteiger partial charge in [0.15, 0.2) is 0 Å². The van der Waals surface area contributed by atoms with Gasteiger partial charge in [0.2, 0.25) is 5.91 Å². The van der Waals surface area contributed by atoms with E-state index in [0.29, 0.717) is 24.1 Å². The van der Waals surface area contributed by atoms with Crippen molar-refractivity contribution >= 4 is 16.9 Å². The van der Waals surface area contributed by atoms with Gasteiger partial charge in [0.05, 0.1) is 5.56 Å². The van der Waals surface area contributed by atoms with Gasteiger partial charge in [-0.15, -0.1) is 0 Å². The van der Waals surface area contributed by atoms with E-state index in [-0.39, 0.29) is 0 Å². The Morgan fingerprint density at radius 1 is 1.23 bits per heavy atom. The van der Waals surface area contributed by atoms with Crippen LogP contribution in [-0.2, 0) is 6.54 Å². The summed E-state index contributed by atoms with van der Waals surface area (Å²) in [6.07, 6.45) is 4.00. The van der Waals surface area contributed by atoms with Crippen molar-refractivity contribution in [1.29, 1.82) is 0 Å². The average molecular weight is 352 g/mol. The summed E-state index contributed by atoms with van der Waals surface area (Å²) in [4.78, 5) is 21.7. The van der Waals surface area contributed by atoms with Crippen LogP contribution in [0.5, 0.6) is 0 Å². The normalized spacial score (nSPS) is 16.2. The summed E-state index contributed by atoms with van der Waals surface area (Å²) < 4.78 is 13.3. The number of rotatable bonds is 4. The van der Waals surface area contributed by atoms with E-state index in [1.54, 1.807) is 12.4 Å². The van der Waals surface area contributed by atoms with E-state index >= 15 is 0 Å². The third kappa shape index (κ3) is 3.20. The van der Waals surface area contributed by atoms with Crippen LogP contribution < -0.4 is 5.73 Å². The Labute approximate surface area is 151 Å². The molecule has 5 nitrogen and oxygen atoms in total. The first-order chi connectivity index (χ1) is 12.6. The quantitative estimate of drug-likeness (QED) is 0.757. The molecule has 0 aliphatic carbocycles. The highest BCUT2D eigenvalue weighted by molar-refractivity contribution is 6.10. The van der Waals surface area contributed by atoms with Crippen LogP contribution in [0.25, 0.3) is 22.2 Å². The SMILES string of the molecule is NC(=O)c1c(-c2ccc(CN3CCC(F)CC3)cc2)cnc2[nH]ccc12. The highest BCUT2D eigenvalue weighted by Gasteiger charge is 2.19. The van der Waals surface area contributed by atoms with E-state index in [9.17, 15) is 9.18 Å². The van der Waals surface area contributed by atoms with Gasteiger partial charge < -0.3 is 10.7 Å². The zero-order chi connectivity index (χ0) is 18.1. The third-order valence-electron chi connectivity index (χ3n) is 5.02. The van der Waals surface area contributed by atoms with Gasteiger partial charge in [0.25, 0.3) is 0 Å². The third-order valence-corrected chi connectivity index (χ3v) is 5.02. The van der Waals surface area contributed by atoms with Crippen LogP contribution in [0.1, 0.15) is 28.8 Å². The number of nitrogens with two attached hydrogens (primary N) is 1. The molecule has 1 saturated heterocycles. The molecule has 1 fully saturated rings. The average Bonchev–Trinajstić information content (AvgIpc) is 3.12. The molecular weight excluding hydrogens is 331 g/mol. The predicted octanol–water partition coefficient (Wildman–Crippen LogP) is 3.26. The number of nitrogens with zero attached hydrogens (tertiary/aromatic N) is 2. The number of hydrogen-bond acceptors (Lipinski definition) is 3. The van der Waals surface area contributed by atoms with Crippen molar-refractivity contribution in [2.45, 2.75) is 25.6 Å². The number of alkyl halides is 1. The first-order valence-corrected chi connectivity index (χ1v) is 8.83. The number of fused-ring (bicyclic) bond motifs is 1. The molecule has 1 aliphatic rings. The second kappa shape index (κ2) is 6.88. The van der Waals surface area contributed by atoms with Gasteiger partial charge in [-0.05, 0) is 30.0 Å². The van der Waals surface area contributed by atoms with Crippen LogP contribution in [0, 0.1) is 0 Å². The maximum absolute atomic E-state index is 13.3. The molecule has 0 atom stereocenters. The highest BCUT2D eigenvalue weighted by Crippen LogP contribution is 2.29. The molecule has 0 radical (unpaired) electrons. The first kappa shape index (κ1) is 16.7. The van der Waals surface area contributed by atoms with Gasteiger partial charge in [-0.25, -0.2) is 9.37 Å². The highest BCUT2D eigenvalue weighted by atomic mass is 19.1. The van der Waals surface area contributed by atoms with Gasteiger partial charge in [0.1, 0.15) is 11.8 Å². The summed E-state index contributed by atoms with van der Waals surface area (Å²) in [6, 6.07) is 9.87. The van der Waals surface area contributed by atoms with Gasteiger partial charge in [0, 0.05) is 43.0 Å². The molecule has 3 N–H and O–H groups in total. The molecule has 134 valence electrons. The fourth-order valence-electron chi connectivity index (χ4n) is 3.60. The van der Waals surface area contributed by atoms with Crippen LogP contribution in [0.15, 0.2) is 42.7 Å². The molecule has 1 amide bonds. The maximum atomic E-state index is 13.3. The summed E-state index contributed by atoms with van der Waals surface area (Å²) in [5.41, 5.74) is 9.56. The minimum atomic E-state index is -0.656. The van der Waals surface area contributed by atoms with Crippen LogP contribution in [0.3, 0.4) is 0 Å². The van der Waals surface area contributed by atoms with Crippen molar-refractivity contribution in [3.63, 3.8) is 0 Å². The monoisotopic (exact) mass is 352 g/mol. The Hall–Kier alpha value is -2.73. The number of nitrogens with one attached hydrogen (secondary N) is 1. The molecule has 3 heterocycles. The van der Waals surface area contributed by atoms with Crippen molar-refractivity contribution < 1.29 is 9.18 Å². The van der Waals surface area contributed by atoms with E-state index < -0.39 is 12.1 Å². The number of amides is 1. The zero-order valence-corrected chi connectivity index (χ0v) is 14.4. The van der Waals surface area contributed by atoms with E-state index in [2.05, 4.69) is 14.9 Å². The zero-order valence-electron chi connectivity index (χ0n) is 14.4. The molecule has 0 unspecified atom stereocenters. The second-order valence-electron chi connectivity index (χ2n) is 6.80. The molecule has 0 bridgehead atoms. The lowest BCUT2D eigenvalue weighted by Gasteiger charge is -2.28. The lowest BCUT2D eigenvalue weighted by atomic mass is 9.98. The molecule has 2 aromatic heterocycles. The largest absolute Gasteiger partial charge is 0.366 e. The van der Waals surface area contributed by atoms with Crippen molar-refractivity contribution in [3.8, 4) is 11.1 Å². The lowest BCUT2D eigenvalue weighted by molar-refractivity contribution is 0.100. The molecule has 4 rings (SSSR count). The van der Waals surface area contributed by atoms with Crippen molar-refractivity contribution in [1.82, 2.24) is 14.9 Å². The number of H-pyrrole nitrogens is 1. The van der Waals surface area contributed by atoms with Crippen molar-refractivity contribution in [2.75, 3.05) is 13.1 Å². The number of primary amides is 1. The summed E-state index contributed by atoms with van der Waals surface area (Å²) in [7, 11) is 0. The number of aromatic nitrogens is 2. The minimum Gasteiger partial charge on any atom is -0.366 e. The van der Waals surface area contributed by atoms with Crippen LogP contribution in [0.2, 0.25) is 0 Å². The standard InChI is InChI=1S/C20H21FN4O/c21-15-6-9-25(10-7-15)12-13-1-3-14(4-2-13)17-11-24-20-16(5-8-23-20)18(17)19(22)26/h1-5,8,11,15H,6-7,9-10,12H2,(H2,22,26)(H,23,24). The van der Waals surface area contributed by atoms with Crippen LogP contribution >= 0.6 is 0 Å². The van der Waals surface area contributed by atoms with Gasteiger partial charge >= 0.3 is 0 Å². The van der Waals surface area contributed by atoms with E-state index in [0.717, 1.165) is 36.1 Å². The second-order valence-corrected chi connectivity index (χ2v) is 6.80. The summed E-state index contributed by atoms with van der Waals surface area (Å²) in [5.74, 6) is -0.467. The van der Waals surface area contributed by atoms with Crippen LogP contribution in [0.4, 0.5) is 4.39 Å². The molecule has 1 aliphatic heterocycles.